The number of rotatable bonds is 1. The highest BCUT2D eigenvalue weighted by atomic mass is 32.2. The quantitative estimate of drug-likeness (QED) is 0.803. The summed E-state index contributed by atoms with van der Waals surface area (Å²) in [6.07, 6.45) is -6.26. The smallest absolute Gasteiger partial charge is 0.381 e. The summed E-state index contributed by atoms with van der Waals surface area (Å²) in [5.74, 6) is 0. The van der Waals surface area contributed by atoms with E-state index in [-0.39, 0.29) is 17.9 Å². The molecular weight excluding hydrogens is 293 g/mol. The van der Waals surface area contributed by atoms with Crippen molar-refractivity contribution in [1.82, 2.24) is 4.90 Å². The molecule has 8 heteroatoms. The van der Waals surface area contributed by atoms with Crippen LogP contribution in [-0.4, -0.2) is 59.1 Å². The Morgan fingerprint density at radius 1 is 1.45 bits per heavy atom. The minimum Gasteiger partial charge on any atom is -0.381 e. The predicted molar refractivity (Wildman–Crippen MR) is 69.5 cm³/mol. The second kappa shape index (κ2) is 4.51. The first-order valence-corrected chi connectivity index (χ1v) is 7.43. The maximum atomic E-state index is 12.7. The van der Waals surface area contributed by atoms with Gasteiger partial charge in [-0.2, -0.15) is 13.2 Å². The summed E-state index contributed by atoms with van der Waals surface area (Å²) in [5.41, 5.74) is -0.615. The fraction of sp³-hybridized carbons (Fsp3) is 0.917. The minimum atomic E-state index is -4.64. The number of alkyl halides is 3. The van der Waals surface area contributed by atoms with Crippen molar-refractivity contribution in [1.29, 1.82) is 0 Å². The van der Waals surface area contributed by atoms with Crippen molar-refractivity contribution in [2.45, 2.75) is 49.1 Å². The molecule has 4 nitrogen and oxygen atoms in total. The van der Waals surface area contributed by atoms with Gasteiger partial charge in [-0.15, -0.1) is 0 Å². The van der Waals surface area contributed by atoms with Crippen molar-refractivity contribution in [3.8, 4) is 0 Å². The Labute approximate surface area is 119 Å². The van der Waals surface area contributed by atoms with Gasteiger partial charge in [-0.3, -0.25) is 4.99 Å². The summed E-state index contributed by atoms with van der Waals surface area (Å²) in [7, 11) is 3.70. The van der Waals surface area contributed by atoms with Crippen LogP contribution in [0.15, 0.2) is 4.99 Å². The summed E-state index contributed by atoms with van der Waals surface area (Å²) in [4.78, 5) is 6.44. The summed E-state index contributed by atoms with van der Waals surface area (Å²) in [6.45, 7) is 0. The number of hydrogen-bond donors (Lipinski definition) is 1. The number of amidine groups is 1. The molecule has 4 atom stereocenters. The molecule has 0 aromatic carbocycles. The van der Waals surface area contributed by atoms with Crippen LogP contribution in [0, 0.1) is 5.41 Å². The van der Waals surface area contributed by atoms with Crippen molar-refractivity contribution in [3.63, 3.8) is 0 Å². The SMILES string of the molecule is CN(C)C1=N[C@H]2[C@H](OC([C@@H](O)C(F)(F)F)CC23CC3)S1. The van der Waals surface area contributed by atoms with Crippen molar-refractivity contribution >= 4 is 16.9 Å². The second-order valence-corrected chi connectivity index (χ2v) is 7.03. The Bertz CT molecular complexity index is 437. The third-order valence-electron chi connectivity index (χ3n) is 4.24. The van der Waals surface area contributed by atoms with Gasteiger partial charge in [-0.1, -0.05) is 11.8 Å². The van der Waals surface area contributed by atoms with Gasteiger partial charge in [0, 0.05) is 14.1 Å². The van der Waals surface area contributed by atoms with E-state index in [0.717, 1.165) is 18.0 Å². The Kier molecular flexibility index (Phi) is 3.26. The summed E-state index contributed by atoms with van der Waals surface area (Å²) in [5, 5.41) is 10.2. The lowest BCUT2D eigenvalue weighted by Gasteiger charge is -2.39. The maximum Gasteiger partial charge on any atom is 0.416 e. The zero-order valence-corrected chi connectivity index (χ0v) is 12.0. The van der Waals surface area contributed by atoms with Gasteiger partial charge in [-0.25, -0.2) is 0 Å². The van der Waals surface area contributed by atoms with E-state index in [4.69, 9.17) is 4.74 Å². The molecule has 1 saturated carbocycles. The molecule has 1 unspecified atom stereocenters. The number of nitrogens with zero attached hydrogens (tertiary/aromatic N) is 2. The molecule has 0 aromatic rings. The van der Waals surface area contributed by atoms with Gasteiger partial charge in [0.25, 0.3) is 0 Å². The van der Waals surface area contributed by atoms with Crippen LogP contribution in [0.1, 0.15) is 19.3 Å². The number of aliphatic hydroxyl groups excluding tert-OH is 1. The highest BCUT2D eigenvalue weighted by Gasteiger charge is 2.62. The van der Waals surface area contributed by atoms with E-state index in [0.29, 0.717) is 0 Å². The van der Waals surface area contributed by atoms with E-state index in [1.807, 2.05) is 19.0 Å². The van der Waals surface area contributed by atoms with Gasteiger partial charge in [0.15, 0.2) is 11.3 Å². The van der Waals surface area contributed by atoms with Gasteiger partial charge >= 0.3 is 6.18 Å². The Morgan fingerprint density at radius 2 is 2.10 bits per heavy atom. The molecule has 1 aliphatic carbocycles. The van der Waals surface area contributed by atoms with Crippen LogP contribution in [0.2, 0.25) is 0 Å². The number of hydrogen-bond acceptors (Lipinski definition) is 5. The van der Waals surface area contributed by atoms with E-state index in [2.05, 4.69) is 4.99 Å². The third-order valence-corrected chi connectivity index (χ3v) is 5.52. The number of aliphatic hydroxyl groups is 1. The molecule has 0 radical (unpaired) electrons. The van der Waals surface area contributed by atoms with Crippen molar-refractivity contribution < 1.29 is 23.0 Å². The highest BCUT2D eigenvalue weighted by molar-refractivity contribution is 8.14. The van der Waals surface area contributed by atoms with E-state index < -0.39 is 23.8 Å². The van der Waals surface area contributed by atoms with Crippen molar-refractivity contribution in [2.24, 2.45) is 10.4 Å². The molecule has 0 bridgehead atoms. The van der Waals surface area contributed by atoms with E-state index in [1.54, 1.807) is 0 Å². The number of halogens is 3. The molecule has 0 aromatic heterocycles. The first-order valence-electron chi connectivity index (χ1n) is 6.55. The monoisotopic (exact) mass is 310 g/mol. The lowest BCUT2D eigenvalue weighted by atomic mass is 9.86. The van der Waals surface area contributed by atoms with E-state index in [9.17, 15) is 18.3 Å². The van der Waals surface area contributed by atoms with Gasteiger partial charge in [0.1, 0.15) is 5.44 Å². The third kappa shape index (κ3) is 2.31. The minimum absolute atomic E-state index is 0.0819. The lowest BCUT2D eigenvalue weighted by Crippen LogP contribution is -2.50. The number of fused-ring (bicyclic) bond motifs is 2. The molecule has 1 saturated heterocycles. The number of aliphatic imine (C=N–C) groups is 1. The molecule has 0 amide bonds. The zero-order valence-electron chi connectivity index (χ0n) is 11.2. The van der Waals surface area contributed by atoms with Crippen LogP contribution >= 0.6 is 11.8 Å². The molecule has 2 heterocycles. The molecule has 3 rings (SSSR count). The van der Waals surface area contributed by atoms with Crippen LogP contribution < -0.4 is 0 Å². The normalized spacial score (nSPS) is 36.5. The second-order valence-electron chi connectivity index (χ2n) is 5.96. The fourth-order valence-corrected chi connectivity index (χ4v) is 4.20. The molecule has 2 aliphatic heterocycles. The topological polar surface area (TPSA) is 45.1 Å². The molecule has 1 spiro atoms. The number of thioether (sulfide) groups is 1. The Hall–Kier alpha value is -0.470. The van der Waals surface area contributed by atoms with Crippen LogP contribution in [0.5, 0.6) is 0 Å². The summed E-state index contributed by atoms with van der Waals surface area (Å²) >= 11 is 1.35. The molecule has 3 aliphatic rings. The largest absolute Gasteiger partial charge is 0.416 e. The maximum absolute atomic E-state index is 12.7. The first-order chi connectivity index (χ1) is 9.23. The zero-order chi connectivity index (χ0) is 14.7. The predicted octanol–water partition coefficient (Wildman–Crippen LogP) is 1.84. The number of ether oxygens (including phenoxy) is 1. The lowest BCUT2D eigenvalue weighted by molar-refractivity contribution is -0.248. The van der Waals surface area contributed by atoms with Gasteiger partial charge in [0.05, 0.1) is 12.1 Å². The summed E-state index contributed by atoms with van der Waals surface area (Å²) in [6, 6.07) is -0.0819. The van der Waals surface area contributed by atoms with Crippen molar-refractivity contribution in [2.75, 3.05) is 14.1 Å². The molecular formula is C12H17F3N2O2S. The average Bonchev–Trinajstić information content (AvgIpc) is 2.95. The van der Waals surface area contributed by atoms with E-state index >= 15 is 0 Å². The molecule has 2 fully saturated rings. The van der Waals surface area contributed by atoms with Gasteiger partial charge in [-0.05, 0) is 24.7 Å². The molecule has 20 heavy (non-hydrogen) atoms. The average molecular weight is 310 g/mol. The highest BCUT2D eigenvalue weighted by Crippen LogP contribution is 2.61. The molecule has 1 N–H and O–H groups in total. The standard InChI is InChI=1S/C12H17F3N2O2S/c1-17(2)10-16-7-9(20-10)19-6(5-11(7)3-4-11)8(18)12(13,14)15/h6-9,18H,3-5H2,1-2H3/t6?,7-,8+,9+/m0/s1. The van der Waals surface area contributed by atoms with Gasteiger partial charge in [0.2, 0.25) is 0 Å². The molecule has 114 valence electrons. The Balaban J connectivity index is 1.78. The fourth-order valence-electron chi connectivity index (χ4n) is 2.93. The van der Waals surface area contributed by atoms with Crippen LogP contribution in [-0.2, 0) is 4.74 Å². The van der Waals surface area contributed by atoms with Crippen LogP contribution in [0.3, 0.4) is 0 Å². The first kappa shape index (κ1) is 14.5. The summed E-state index contributed by atoms with van der Waals surface area (Å²) < 4.78 is 43.5. The van der Waals surface area contributed by atoms with Crippen LogP contribution in [0.25, 0.3) is 0 Å². The van der Waals surface area contributed by atoms with Crippen molar-refractivity contribution in [3.05, 3.63) is 0 Å². The van der Waals surface area contributed by atoms with E-state index in [1.165, 1.54) is 11.8 Å². The van der Waals surface area contributed by atoms with Crippen LogP contribution in [0.4, 0.5) is 13.2 Å². The Morgan fingerprint density at radius 3 is 2.60 bits per heavy atom. The van der Waals surface area contributed by atoms with Gasteiger partial charge < -0.3 is 14.7 Å².